The van der Waals surface area contributed by atoms with Crippen molar-refractivity contribution in [3.63, 3.8) is 0 Å². The van der Waals surface area contributed by atoms with Crippen LogP contribution in [0, 0.1) is 5.92 Å². The van der Waals surface area contributed by atoms with Crippen molar-refractivity contribution in [1.82, 2.24) is 4.90 Å². The third-order valence-electron chi connectivity index (χ3n) is 4.70. The number of fused-ring (bicyclic) bond motifs is 1. The average Bonchev–Trinajstić information content (AvgIpc) is 2.91. The number of likely N-dealkylation sites (tertiary alicyclic amines) is 1. The highest BCUT2D eigenvalue weighted by molar-refractivity contribution is 5.92. The summed E-state index contributed by atoms with van der Waals surface area (Å²) < 4.78 is 11.6. The highest BCUT2D eigenvalue weighted by Crippen LogP contribution is 2.35. The molecule has 1 saturated heterocycles. The smallest absolute Gasteiger partial charge is 0.246 e. The van der Waals surface area contributed by atoms with Gasteiger partial charge in [-0.15, -0.1) is 0 Å². The lowest BCUT2D eigenvalue weighted by molar-refractivity contribution is -0.127. The van der Waals surface area contributed by atoms with Gasteiger partial charge in [0.25, 0.3) is 0 Å². The van der Waals surface area contributed by atoms with Crippen molar-refractivity contribution in [3.8, 4) is 11.5 Å². The number of carbonyl (C=O) groups excluding carboxylic acids is 1. The van der Waals surface area contributed by atoms with Crippen molar-refractivity contribution in [2.24, 2.45) is 5.92 Å². The number of hydrogen-bond donors (Lipinski definition) is 0. The normalized spacial score (nSPS) is 23.2. The van der Waals surface area contributed by atoms with E-state index in [4.69, 9.17) is 9.47 Å². The van der Waals surface area contributed by atoms with E-state index in [0.29, 0.717) is 12.5 Å². The minimum atomic E-state index is 0.0822. The second-order valence-corrected chi connectivity index (χ2v) is 6.93. The van der Waals surface area contributed by atoms with Gasteiger partial charge in [0, 0.05) is 36.7 Å². The van der Waals surface area contributed by atoms with E-state index in [9.17, 15) is 4.79 Å². The van der Waals surface area contributed by atoms with Gasteiger partial charge >= 0.3 is 0 Å². The van der Waals surface area contributed by atoms with E-state index >= 15 is 0 Å². The van der Waals surface area contributed by atoms with Gasteiger partial charge in [0.1, 0.15) is 17.6 Å². The van der Waals surface area contributed by atoms with Crippen LogP contribution in [0.25, 0.3) is 6.08 Å². The third-order valence-corrected chi connectivity index (χ3v) is 4.70. The first-order chi connectivity index (χ1) is 11.6. The van der Waals surface area contributed by atoms with Gasteiger partial charge in [0.05, 0.1) is 6.61 Å². The molecule has 4 heteroatoms. The minimum absolute atomic E-state index is 0.0822. The molecule has 2 aliphatic heterocycles. The van der Waals surface area contributed by atoms with Crippen molar-refractivity contribution < 1.29 is 14.3 Å². The van der Waals surface area contributed by atoms with Crippen LogP contribution in [0.1, 0.15) is 44.7 Å². The van der Waals surface area contributed by atoms with Crippen LogP contribution in [-0.4, -0.2) is 36.6 Å². The van der Waals surface area contributed by atoms with Crippen molar-refractivity contribution >= 4 is 12.0 Å². The largest absolute Gasteiger partial charge is 0.493 e. The van der Waals surface area contributed by atoms with Gasteiger partial charge in [0.2, 0.25) is 5.91 Å². The molecule has 0 bridgehead atoms. The van der Waals surface area contributed by atoms with Crippen LogP contribution >= 0.6 is 0 Å². The Bertz CT molecular complexity index is 638. The Morgan fingerprint density at radius 3 is 3.00 bits per heavy atom. The fourth-order valence-electron chi connectivity index (χ4n) is 3.52. The van der Waals surface area contributed by atoms with E-state index in [-0.39, 0.29) is 12.0 Å². The van der Waals surface area contributed by atoms with Crippen molar-refractivity contribution in [3.05, 3.63) is 29.3 Å². The topological polar surface area (TPSA) is 38.8 Å². The van der Waals surface area contributed by atoms with Crippen LogP contribution in [0.4, 0.5) is 0 Å². The molecule has 1 amide bonds. The minimum Gasteiger partial charge on any atom is -0.493 e. The quantitative estimate of drug-likeness (QED) is 0.791. The highest BCUT2D eigenvalue weighted by atomic mass is 16.5. The van der Waals surface area contributed by atoms with E-state index in [2.05, 4.69) is 19.9 Å². The zero-order valence-corrected chi connectivity index (χ0v) is 14.9. The van der Waals surface area contributed by atoms with Crippen LogP contribution in [-0.2, 0) is 11.2 Å². The molecular formula is C20H27NO3. The van der Waals surface area contributed by atoms with Crippen LogP contribution in [0.15, 0.2) is 18.2 Å². The molecule has 1 aromatic rings. The average molecular weight is 329 g/mol. The number of nitrogens with zero attached hydrogens (tertiary/aromatic N) is 1. The van der Waals surface area contributed by atoms with Gasteiger partial charge in [-0.05, 0) is 50.8 Å². The maximum absolute atomic E-state index is 12.4. The molecule has 0 saturated carbocycles. The summed E-state index contributed by atoms with van der Waals surface area (Å²) >= 11 is 0. The molecule has 4 nitrogen and oxygen atoms in total. The van der Waals surface area contributed by atoms with Gasteiger partial charge in [-0.2, -0.15) is 0 Å². The van der Waals surface area contributed by atoms with Crippen LogP contribution in [0.3, 0.4) is 0 Å². The van der Waals surface area contributed by atoms with Crippen molar-refractivity contribution in [2.45, 2.75) is 46.1 Å². The molecule has 2 unspecified atom stereocenters. The van der Waals surface area contributed by atoms with E-state index < -0.39 is 0 Å². The lowest BCUT2D eigenvalue weighted by Gasteiger charge is -2.30. The summed E-state index contributed by atoms with van der Waals surface area (Å²) in [4.78, 5) is 14.4. The van der Waals surface area contributed by atoms with E-state index in [1.54, 1.807) is 6.08 Å². The molecule has 3 rings (SSSR count). The van der Waals surface area contributed by atoms with Crippen molar-refractivity contribution in [2.75, 3.05) is 19.7 Å². The van der Waals surface area contributed by atoms with Gasteiger partial charge in [-0.1, -0.05) is 6.92 Å². The number of rotatable bonds is 4. The van der Waals surface area contributed by atoms with Gasteiger partial charge in [-0.25, -0.2) is 0 Å². The first-order valence-corrected chi connectivity index (χ1v) is 9.00. The predicted octanol–water partition coefficient (Wildman–Crippen LogP) is 3.68. The molecule has 0 aliphatic carbocycles. The third kappa shape index (κ3) is 3.74. The molecule has 2 heterocycles. The molecule has 0 N–H and O–H groups in total. The summed E-state index contributed by atoms with van der Waals surface area (Å²) in [5.74, 6) is 2.40. The second kappa shape index (κ2) is 7.29. The molecule has 0 radical (unpaired) electrons. The Labute approximate surface area is 144 Å². The van der Waals surface area contributed by atoms with E-state index in [1.165, 1.54) is 12.0 Å². The predicted molar refractivity (Wildman–Crippen MR) is 95.4 cm³/mol. The molecule has 1 aromatic carbocycles. The number of hydrogen-bond acceptors (Lipinski definition) is 3. The molecule has 2 atom stereocenters. The summed E-state index contributed by atoms with van der Waals surface area (Å²) in [6.45, 7) is 8.56. The van der Waals surface area contributed by atoms with Crippen LogP contribution in [0.2, 0.25) is 0 Å². The zero-order chi connectivity index (χ0) is 17.1. The first kappa shape index (κ1) is 16.9. The molecule has 1 fully saturated rings. The Balaban J connectivity index is 1.78. The molecule has 24 heavy (non-hydrogen) atoms. The molecular weight excluding hydrogens is 302 g/mol. The zero-order valence-electron chi connectivity index (χ0n) is 14.9. The lowest BCUT2D eigenvalue weighted by atomic mass is 10.0. The summed E-state index contributed by atoms with van der Waals surface area (Å²) in [6, 6.07) is 4.04. The lowest BCUT2D eigenvalue weighted by Crippen LogP contribution is -2.38. The van der Waals surface area contributed by atoms with Gasteiger partial charge in [0.15, 0.2) is 0 Å². The standard InChI is InChI=1S/C20H27NO3/c1-4-23-18-12-17-10-15(3)24-19(17)11-16(18)7-8-20(22)21-9-5-6-14(2)13-21/h7-8,11-12,14-15H,4-6,9-10,13H2,1-3H3. The second-order valence-electron chi connectivity index (χ2n) is 6.93. The SMILES string of the molecule is CCOc1cc2c(cc1C=CC(=O)N1CCCC(C)C1)OC(C)C2. The Kier molecular flexibility index (Phi) is 5.12. The van der Waals surface area contributed by atoms with Crippen LogP contribution in [0.5, 0.6) is 11.5 Å². The van der Waals surface area contributed by atoms with Crippen LogP contribution < -0.4 is 9.47 Å². The fraction of sp³-hybridized carbons (Fsp3) is 0.550. The van der Waals surface area contributed by atoms with Gasteiger partial charge in [-0.3, -0.25) is 4.79 Å². The van der Waals surface area contributed by atoms with Gasteiger partial charge < -0.3 is 14.4 Å². The van der Waals surface area contributed by atoms with Crippen molar-refractivity contribution in [1.29, 1.82) is 0 Å². The molecule has 0 spiro atoms. The monoisotopic (exact) mass is 329 g/mol. The first-order valence-electron chi connectivity index (χ1n) is 9.00. The number of ether oxygens (including phenoxy) is 2. The molecule has 2 aliphatic rings. The van der Waals surface area contributed by atoms with E-state index in [0.717, 1.165) is 43.0 Å². The Morgan fingerprint density at radius 2 is 2.25 bits per heavy atom. The summed E-state index contributed by atoms with van der Waals surface area (Å²) in [7, 11) is 0. The highest BCUT2D eigenvalue weighted by Gasteiger charge is 2.22. The van der Waals surface area contributed by atoms with E-state index in [1.807, 2.05) is 24.0 Å². The number of amides is 1. The summed E-state index contributed by atoms with van der Waals surface area (Å²) in [5, 5.41) is 0. The number of carbonyl (C=O) groups is 1. The Hall–Kier alpha value is -1.97. The summed E-state index contributed by atoms with van der Waals surface area (Å²) in [5.41, 5.74) is 2.09. The number of piperidine rings is 1. The maximum atomic E-state index is 12.4. The molecule has 0 aromatic heterocycles. The Morgan fingerprint density at radius 1 is 1.42 bits per heavy atom. The fourth-order valence-corrected chi connectivity index (χ4v) is 3.52. The number of benzene rings is 1. The summed E-state index contributed by atoms with van der Waals surface area (Å²) in [6.07, 6.45) is 6.94. The maximum Gasteiger partial charge on any atom is 0.246 e. The molecule has 130 valence electrons.